The molecular weight excluding hydrogens is 344 g/mol. The summed E-state index contributed by atoms with van der Waals surface area (Å²) in [7, 11) is 0. The molecule has 0 radical (unpaired) electrons. The van der Waals surface area contributed by atoms with Gasteiger partial charge in [-0.1, -0.05) is 41.7 Å². The molecule has 1 N–H and O–H groups in total. The fraction of sp³-hybridized carbons (Fsp3) is 0.100. The van der Waals surface area contributed by atoms with E-state index in [0.717, 1.165) is 22.9 Å². The Morgan fingerprint density at radius 2 is 1.65 bits per heavy atom. The highest BCUT2D eigenvalue weighted by atomic mass is 32.1. The Bertz CT molecular complexity index is 972. The first-order valence-corrected chi connectivity index (χ1v) is 9.21. The van der Waals surface area contributed by atoms with Gasteiger partial charge >= 0.3 is 0 Å². The van der Waals surface area contributed by atoms with Gasteiger partial charge in [0.15, 0.2) is 5.13 Å². The van der Waals surface area contributed by atoms with Gasteiger partial charge in [-0.05, 0) is 24.3 Å². The maximum absolute atomic E-state index is 12.8. The molecule has 0 aliphatic rings. The van der Waals surface area contributed by atoms with Crippen LogP contribution in [0.5, 0.6) is 0 Å². The largest absolute Gasteiger partial charge is 0.353 e. The highest BCUT2D eigenvalue weighted by molar-refractivity contribution is 7.16. The molecule has 0 spiro atoms. The topological polar surface area (TPSA) is 51.9 Å². The van der Waals surface area contributed by atoms with Crippen LogP contribution in [0, 0.1) is 0 Å². The second kappa shape index (κ2) is 7.41. The van der Waals surface area contributed by atoms with Gasteiger partial charge in [0, 0.05) is 43.4 Å². The molecule has 130 valence electrons. The number of benzene rings is 1. The number of nitrogens with one attached hydrogen (secondary N) is 1. The normalized spacial score (nSPS) is 10.8. The first-order chi connectivity index (χ1) is 12.8. The molecule has 6 heteroatoms. The average Bonchev–Trinajstić information content (AvgIpc) is 3.42. The highest BCUT2D eigenvalue weighted by Crippen LogP contribution is 2.30. The van der Waals surface area contributed by atoms with Crippen LogP contribution in [0.2, 0.25) is 0 Å². The Kier molecular flexibility index (Phi) is 4.66. The number of thiazole rings is 1. The molecule has 0 bridgehead atoms. The maximum Gasteiger partial charge on any atom is 0.263 e. The molecule has 1 aromatic carbocycles. The van der Waals surface area contributed by atoms with E-state index in [4.69, 9.17) is 4.98 Å². The van der Waals surface area contributed by atoms with E-state index in [1.54, 1.807) is 0 Å². The summed E-state index contributed by atoms with van der Waals surface area (Å²) in [6.45, 7) is 1.31. The molecular formula is C20H18N4OS. The molecule has 3 aromatic heterocycles. The monoisotopic (exact) mass is 362 g/mol. The van der Waals surface area contributed by atoms with Crippen molar-refractivity contribution in [2.24, 2.45) is 0 Å². The predicted octanol–water partition coefficient (Wildman–Crippen LogP) is 3.83. The first-order valence-electron chi connectivity index (χ1n) is 8.40. The molecule has 0 aliphatic heterocycles. The minimum Gasteiger partial charge on any atom is -0.353 e. The van der Waals surface area contributed by atoms with Crippen LogP contribution in [0.3, 0.4) is 0 Å². The van der Waals surface area contributed by atoms with E-state index in [9.17, 15) is 4.79 Å². The number of carbonyl (C=O) groups excluding carboxylic acids is 1. The van der Waals surface area contributed by atoms with Crippen molar-refractivity contribution in [3.63, 3.8) is 0 Å². The summed E-state index contributed by atoms with van der Waals surface area (Å²) in [6, 6.07) is 17.7. The summed E-state index contributed by atoms with van der Waals surface area (Å²) in [5.74, 6) is -0.0908. The zero-order valence-corrected chi connectivity index (χ0v) is 14.9. The van der Waals surface area contributed by atoms with Gasteiger partial charge in [-0.3, -0.25) is 4.79 Å². The van der Waals surface area contributed by atoms with E-state index in [1.165, 1.54) is 11.3 Å². The van der Waals surface area contributed by atoms with Crippen LogP contribution in [-0.2, 0) is 6.54 Å². The van der Waals surface area contributed by atoms with Crippen molar-refractivity contribution in [2.75, 3.05) is 6.54 Å². The Morgan fingerprint density at radius 3 is 2.38 bits per heavy atom. The van der Waals surface area contributed by atoms with Crippen molar-refractivity contribution < 1.29 is 4.79 Å². The molecule has 1 amide bonds. The van der Waals surface area contributed by atoms with Crippen molar-refractivity contribution in [1.29, 1.82) is 0 Å². The second-order valence-electron chi connectivity index (χ2n) is 5.81. The van der Waals surface area contributed by atoms with Crippen LogP contribution in [0.25, 0.3) is 16.4 Å². The average molecular weight is 362 g/mol. The number of hydrogen-bond acceptors (Lipinski definition) is 3. The molecule has 0 aliphatic carbocycles. The third-order valence-electron chi connectivity index (χ3n) is 4.02. The van der Waals surface area contributed by atoms with Crippen LogP contribution in [-0.4, -0.2) is 26.6 Å². The van der Waals surface area contributed by atoms with Crippen LogP contribution in [0.15, 0.2) is 79.4 Å². The predicted molar refractivity (Wildman–Crippen MR) is 104 cm³/mol. The van der Waals surface area contributed by atoms with Crippen molar-refractivity contribution >= 4 is 17.2 Å². The van der Waals surface area contributed by atoms with Crippen LogP contribution in [0.4, 0.5) is 0 Å². The number of aromatic nitrogens is 3. The summed E-state index contributed by atoms with van der Waals surface area (Å²) in [5.41, 5.74) is 1.66. The first kappa shape index (κ1) is 16.4. The molecule has 4 rings (SSSR count). The number of nitrogens with zero attached hydrogens (tertiary/aromatic N) is 3. The zero-order valence-electron chi connectivity index (χ0n) is 14.1. The third-order valence-corrected chi connectivity index (χ3v) is 5.08. The molecule has 4 aromatic rings. The molecule has 0 saturated carbocycles. The van der Waals surface area contributed by atoms with Crippen LogP contribution in [0.1, 0.15) is 9.67 Å². The lowest BCUT2D eigenvalue weighted by atomic mass is 10.1. The lowest BCUT2D eigenvalue weighted by Gasteiger charge is -2.06. The van der Waals surface area contributed by atoms with Gasteiger partial charge in [0.1, 0.15) is 4.88 Å². The molecule has 5 nitrogen and oxygen atoms in total. The Hall–Kier alpha value is -3.12. The summed E-state index contributed by atoms with van der Waals surface area (Å²) < 4.78 is 3.96. The van der Waals surface area contributed by atoms with E-state index in [-0.39, 0.29) is 5.91 Å². The lowest BCUT2D eigenvalue weighted by Crippen LogP contribution is -2.26. The summed E-state index contributed by atoms with van der Waals surface area (Å²) >= 11 is 1.40. The summed E-state index contributed by atoms with van der Waals surface area (Å²) in [6.07, 6.45) is 7.83. The van der Waals surface area contributed by atoms with Gasteiger partial charge in [-0.2, -0.15) is 0 Å². The minimum atomic E-state index is -0.0908. The molecule has 0 unspecified atom stereocenters. The van der Waals surface area contributed by atoms with Gasteiger partial charge in [0.25, 0.3) is 5.91 Å². The molecule has 26 heavy (non-hydrogen) atoms. The second-order valence-corrected chi connectivity index (χ2v) is 6.78. The SMILES string of the molecule is O=C(NCCn1cccc1)c1sc(-n2cccc2)nc1-c1ccccc1. The summed E-state index contributed by atoms with van der Waals surface area (Å²) in [4.78, 5) is 18.1. The third kappa shape index (κ3) is 3.45. The van der Waals surface area contributed by atoms with Gasteiger partial charge in [0.2, 0.25) is 0 Å². The van der Waals surface area contributed by atoms with Gasteiger partial charge in [-0.25, -0.2) is 4.98 Å². The van der Waals surface area contributed by atoms with E-state index >= 15 is 0 Å². The van der Waals surface area contributed by atoms with E-state index in [1.807, 2.05) is 88.5 Å². The fourth-order valence-electron chi connectivity index (χ4n) is 2.72. The number of hydrogen-bond donors (Lipinski definition) is 1. The van der Waals surface area contributed by atoms with Crippen LogP contribution >= 0.6 is 11.3 Å². The van der Waals surface area contributed by atoms with Crippen LogP contribution < -0.4 is 5.32 Å². The quantitative estimate of drug-likeness (QED) is 0.567. The number of carbonyl (C=O) groups is 1. The molecule has 3 heterocycles. The molecule has 0 atom stereocenters. The maximum atomic E-state index is 12.8. The minimum absolute atomic E-state index is 0.0908. The zero-order chi connectivity index (χ0) is 17.8. The standard InChI is InChI=1S/C20H18N4OS/c25-19(21-10-15-23-11-4-5-12-23)18-17(16-8-2-1-3-9-16)22-20(26-18)24-13-6-7-14-24/h1-9,11-14H,10,15H2,(H,21,25). The Balaban J connectivity index is 1.59. The number of rotatable bonds is 6. The van der Waals surface area contributed by atoms with E-state index in [2.05, 4.69) is 5.32 Å². The molecule has 0 saturated heterocycles. The number of amides is 1. The van der Waals surface area contributed by atoms with Crippen molar-refractivity contribution in [2.45, 2.75) is 6.54 Å². The Labute approximate surface area is 155 Å². The van der Waals surface area contributed by atoms with Crippen molar-refractivity contribution in [3.05, 3.63) is 84.3 Å². The van der Waals surface area contributed by atoms with Crippen molar-refractivity contribution in [3.8, 4) is 16.4 Å². The lowest BCUT2D eigenvalue weighted by molar-refractivity contribution is 0.0957. The smallest absolute Gasteiger partial charge is 0.263 e. The molecule has 0 fully saturated rings. The van der Waals surface area contributed by atoms with E-state index in [0.29, 0.717) is 11.4 Å². The highest BCUT2D eigenvalue weighted by Gasteiger charge is 2.19. The van der Waals surface area contributed by atoms with Gasteiger partial charge in [0.05, 0.1) is 5.69 Å². The van der Waals surface area contributed by atoms with Gasteiger partial charge < -0.3 is 14.5 Å². The van der Waals surface area contributed by atoms with Gasteiger partial charge in [-0.15, -0.1) is 0 Å². The summed E-state index contributed by atoms with van der Waals surface area (Å²) in [5, 5.41) is 3.79. The van der Waals surface area contributed by atoms with Crippen molar-refractivity contribution in [1.82, 2.24) is 19.4 Å². The van der Waals surface area contributed by atoms with E-state index < -0.39 is 0 Å². The fourth-order valence-corrected chi connectivity index (χ4v) is 3.70. The Morgan fingerprint density at radius 1 is 0.962 bits per heavy atom.